The number of piperidine rings is 1. The molecule has 124 valence electrons. The first kappa shape index (κ1) is 16.1. The minimum atomic E-state index is -0.506. The van der Waals surface area contributed by atoms with Crippen molar-refractivity contribution in [2.75, 3.05) is 6.54 Å². The highest BCUT2D eigenvalue weighted by atomic mass is 16.2. The Morgan fingerprint density at radius 3 is 2.78 bits per heavy atom. The molecule has 23 heavy (non-hydrogen) atoms. The minimum absolute atomic E-state index is 0.275. The third-order valence-electron chi connectivity index (χ3n) is 5.41. The molecule has 2 heterocycles. The first-order valence-corrected chi connectivity index (χ1v) is 8.85. The second-order valence-corrected chi connectivity index (χ2v) is 7.35. The van der Waals surface area contributed by atoms with Crippen molar-refractivity contribution in [2.24, 2.45) is 0 Å². The molecule has 3 heteroatoms. The second-order valence-electron chi connectivity index (χ2n) is 7.35. The predicted octanol–water partition coefficient (Wildman–Crippen LogP) is 4.55. The van der Waals surface area contributed by atoms with Crippen LogP contribution in [0.3, 0.4) is 0 Å². The first-order valence-electron chi connectivity index (χ1n) is 8.85. The molecular weight excluding hydrogens is 284 g/mol. The number of carbonyl (C=O) groups excluding carboxylic acids is 1. The number of carbonyl (C=O) groups is 1. The molecule has 1 unspecified atom stereocenters. The molecule has 0 bridgehead atoms. The van der Waals surface area contributed by atoms with Crippen molar-refractivity contribution >= 4 is 16.8 Å². The van der Waals surface area contributed by atoms with Gasteiger partial charge >= 0.3 is 0 Å². The largest absolute Gasteiger partial charge is 0.358 e. The first-order chi connectivity index (χ1) is 11.0. The smallest absolute Gasteiger partial charge is 0.232 e. The molecule has 1 atom stereocenters. The Bertz CT molecular complexity index is 714. The fourth-order valence-corrected chi connectivity index (χ4v) is 4.24. The number of rotatable bonds is 3. The number of aromatic amines is 1. The van der Waals surface area contributed by atoms with E-state index in [1.165, 1.54) is 11.8 Å². The van der Waals surface area contributed by atoms with Crippen LogP contribution in [-0.4, -0.2) is 28.4 Å². The monoisotopic (exact) mass is 312 g/mol. The quantitative estimate of drug-likeness (QED) is 0.887. The van der Waals surface area contributed by atoms with Gasteiger partial charge in [0.15, 0.2) is 0 Å². The van der Waals surface area contributed by atoms with Gasteiger partial charge in [0.2, 0.25) is 5.91 Å². The van der Waals surface area contributed by atoms with Gasteiger partial charge < -0.3 is 9.88 Å². The lowest BCUT2D eigenvalue weighted by molar-refractivity contribution is -0.140. The van der Waals surface area contributed by atoms with Gasteiger partial charge in [0.1, 0.15) is 0 Å². The zero-order valence-electron chi connectivity index (χ0n) is 14.8. The van der Waals surface area contributed by atoms with E-state index in [1.807, 2.05) is 6.07 Å². The third kappa shape index (κ3) is 2.66. The van der Waals surface area contributed by atoms with Gasteiger partial charge in [-0.25, -0.2) is 0 Å². The zero-order valence-corrected chi connectivity index (χ0v) is 14.8. The Hall–Kier alpha value is -1.77. The number of fused-ring (bicyclic) bond motifs is 1. The Morgan fingerprint density at radius 1 is 1.30 bits per heavy atom. The number of amides is 1. The highest BCUT2D eigenvalue weighted by molar-refractivity contribution is 5.95. The number of nitrogens with zero attached hydrogens (tertiary/aromatic N) is 1. The molecule has 0 spiro atoms. The van der Waals surface area contributed by atoms with Crippen LogP contribution in [0.5, 0.6) is 0 Å². The van der Waals surface area contributed by atoms with E-state index in [9.17, 15) is 4.79 Å². The number of likely N-dealkylation sites (tertiary alicyclic amines) is 1. The van der Waals surface area contributed by atoms with E-state index in [0.29, 0.717) is 6.04 Å². The summed E-state index contributed by atoms with van der Waals surface area (Å²) in [5, 5.41) is 1.17. The maximum Gasteiger partial charge on any atom is 0.232 e. The molecule has 2 aromatic rings. The molecule has 1 aromatic heterocycles. The molecule has 0 saturated carbocycles. The summed E-state index contributed by atoms with van der Waals surface area (Å²) >= 11 is 0. The number of benzene rings is 1. The lowest BCUT2D eigenvalue weighted by Crippen LogP contribution is -2.50. The van der Waals surface area contributed by atoms with Crippen molar-refractivity contribution in [3.63, 3.8) is 0 Å². The van der Waals surface area contributed by atoms with Gasteiger partial charge in [-0.1, -0.05) is 25.1 Å². The molecule has 1 aliphatic rings. The second kappa shape index (κ2) is 6.03. The molecule has 3 rings (SSSR count). The number of para-hydroxylation sites is 1. The molecule has 1 aliphatic heterocycles. The summed E-state index contributed by atoms with van der Waals surface area (Å²) in [5.74, 6) is 0.275. The summed E-state index contributed by atoms with van der Waals surface area (Å²) in [6.45, 7) is 9.35. The summed E-state index contributed by atoms with van der Waals surface area (Å²) in [7, 11) is 0. The molecule has 1 N–H and O–H groups in total. The summed E-state index contributed by atoms with van der Waals surface area (Å²) < 4.78 is 0. The van der Waals surface area contributed by atoms with Gasteiger partial charge in [0.25, 0.3) is 0 Å². The van der Waals surface area contributed by atoms with E-state index >= 15 is 0 Å². The topological polar surface area (TPSA) is 36.1 Å². The Labute approximate surface area is 139 Å². The maximum absolute atomic E-state index is 13.4. The molecule has 0 radical (unpaired) electrons. The molecule has 1 aromatic carbocycles. The lowest BCUT2D eigenvalue weighted by Gasteiger charge is -2.40. The Balaban J connectivity index is 2.02. The number of aromatic nitrogens is 1. The van der Waals surface area contributed by atoms with Crippen LogP contribution in [0.1, 0.15) is 57.7 Å². The Kier molecular flexibility index (Phi) is 4.22. The van der Waals surface area contributed by atoms with E-state index in [0.717, 1.165) is 42.6 Å². The van der Waals surface area contributed by atoms with Crippen molar-refractivity contribution < 1.29 is 4.79 Å². The standard InChI is InChI=1S/C20H28N2O/c1-5-15-10-8-9-13-22(15)19(23)20(3,4)18-14(2)21-17-12-7-6-11-16(17)18/h6-7,11-12,15,21H,5,8-10,13H2,1-4H3. The average molecular weight is 312 g/mol. The Morgan fingerprint density at radius 2 is 2.04 bits per heavy atom. The van der Waals surface area contributed by atoms with Crippen LogP contribution in [0, 0.1) is 6.92 Å². The van der Waals surface area contributed by atoms with Crippen LogP contribution < -0.4 is 0 Å². The van der Waals surface area contributed by atoms with E-state index in [4.69, 9.17) is 0 Å². The van der Waals surface area contributed by atoms with E-state index < -0.39 is 5.41 Å². The fourth-order valence-electron chi connectivity index (χ4n) is 4.24. The number of hydrogen-bond donors (Lipinski definition) is 1. The molecule has 3 nitrogen and oxygen atoms in total. The van der Waals surface area contributed by atoms with E-state index in [-0.39, 0.29) is 5.91 Å². The van der Waals surface area contributed by atoms with Crippen LogP contribution in [-0.2, 0) is 10.2 Å². The van der Waals surface area contributed by atoms with Crippen molar-refractivity contribution in [1.82, 2.24) is 9.88 Å². The predicted molar refractivity (Wildman–Crippen MR) is 95.7 cm³/mol. The average Bonchev–Trinajstić information content (AvgIpc) is 2.90. The van der Waals surface area contributed by atoms with Crippen molar-refractivity contribution in [3.8, 4) is 0 Å². The summed E-state index contributed by atoms with van der Waals surface area (Å²) in [6.07, 6.45) is 4.57. The van der Waals surface area contributed by atoms with Crippen LogP contribution in [0.4, 0.5) is 0 Å². The van der Waals surface area contributed by atoms with Gasteiger partial charge in [0, 0.05) is 29.2 Å². The van der Waals surface area contributed by atoms with Gasteiger partial charge in [-0.2, -0.15) is 0 Å². The normalized spacial score (nSPS) is 19.3. The van der Waals surface area contributed by atoms with Gasteiger partial charge in [0.05, 0.1) is 5.41 Å². The van der Waals surface area contributed by atoms with Crippen molar-refractivity contribution in [2.45, 2.75) is 64.8 Å². The number of aryl methyl sites for hydroxylation is 1. The fraction of sp³-hybridized carbons (Fsp3) is 0.550. The van der Waals surface area contributed by atoms with Crippen molar-refractivity contribution in [1.29, 1.82) is 0 Å². The summed E-state index contributed by atoms with van der Waals surface area (Å²) in [4.78, 5) is 19.0. The lowest BCUT2D eigenvalue weighted by atomic mass is 9.80. The highest BCUT2D eigenvalue weighted by Gasteiger charge is 2.39. The van der Waals surface area contributed by atoms with Crippen LogP contribution in [0.15, 0.2) is 24.3 Å². The molecular formula is C20H28N2O. The summed E-state index contributed by atoms with van der Waals surface area (Å²) in [6, 6.07) is 8.70. The van der Waals surface area contributed by atoms with Crippen LogP contribution >= 0.6 is 0 Å². The zero-order chi connectivity index (χ0) is 16.6. The van der Waals surface area contributed by atoms with Gasteiger partial charge in [-0.3, -0.25) is 4.79 Å². The van der Waals surface area contributed by atoms with Crippen LogP contribution in [0.2, 0.25) is 0 Å². The highest BCUT2D eigenvalue weighted by Crippen LogP contribution is 2.36. The molecule has 1 fully saturated rings. The van der Waals surface area contributed by atoms with Crippen molar-refractivity contribution in [3.05, 3.63) is 35.5 Å². The van der Waals surface area contributed by atoms with Gasteiger partial charge in [-0.05, 0) is 58.1 Å². The number of nitrogens with one attached hydrogen (secondary N) is 1. The maximum atomic E-state index is 13.4. The number of hydrogen-bond acceptors (Lipinski definition) is 1. The summed E-state index contributed by atoms with van der Waals surface area (Å²) in [5.41, 5.74) is 2.87. The van der Waals surface area contributed by atoms with E-state index in [1.54, 1.807) is 0 Å². The molecule has 1 saturated heterocycles. The molecule has 1 amide bonds. The molecule has 0 aliphatic carbocycles. The third-order valence-corrected chi connectivity index (χ3v) is 5.41. The SMILES string of the molecule is CCC1CCCCN1C(=O)C(C)(C)c1c(C)[nH]c2ccccc12. The van der Waals surface area contributed by atoms with Gasteiger partial charge in [-0.15, -0.1) is 0 Å². The van der Waals surface area contributed by atoms with E-state index in [2.05, 4.69) is 55.8 Å². The number of H-pyrrole nitrogens is 1. The minimum Gasteiger partial charge on any atom is -0.358 e. The van der Waals surface area contributed by atoms with Crippen LogP contribution in [0.25, 0.3) is 10.9 Å².